The van der Waals surface area contributed by atoms with Gasteiger partial charge in [-0.15, -0.1) is 11.6 Å². The number of fused-ring (bicyclic) bond motifs is 1. The number of aromatic nitrogens is 2. The third-order valence-electron chi connectivity index (χ3n) is 3.83. The summed E-state index contributed by atoms with van der Waals surface area (Å²) >= 11 is 9.85. The molecule has 2 nitrogen and oxygen atoms in total. The highest BCUT2D eigenvalue weighted by Gasteiger charge is 2.14. The standard InChI is InChI=1S/C17H24BrClN2/c1-3-4-5-6-7-8-11-21-16-12-14(18)9-10-15(16)20-17(21)13(2)19/h9-10,12-13H,3-8,11H2,1-2H3. The molecule has 0 saturated heterocycles. The van der Waals surface area contributed by atoms with Gasteiger partial charge in [-0.1, -0.05) is 55.0 Å². The van der Waals surface area contributed by atoms with Crippen LogP contribution in [0.1, 0.15) is 63.6 Å². The third kappa shape index (κ3) is 4.46. The minimum absolute atomic E-state index is 0.0590. The van der Waals surface area contributed by atoms with E-state index in [9.17, 15) is 0 Å². The Kier molecular flexibility index (Phi) is 6.56. The van der Waals surface area contributed by atoms with Gasteiger partial charge in [0, 0.05) is 11.0 Å². The Morgan fingerprint density at radius 3 is 2.62 bits per heavy atom. The molecule has 4 heteroatoms. The number of halogens is 2. The maximum absolute atomic E-state index is 6.31. The van der Waals surface area contributed by atoms with Gasteiger partial charge in [0.25, 0.3) is 0 Å². The fourth-order valence-electron chi connectivity index (χ4n) is 2.70. The molecule has 21 heavy (non-hydrogen) atoms. The fraction of sp³-hybridized carbons (Fsp3) is 0.588. The predicted molar refractivity (Wildman–Crippen MR) is 95.1 cm³/mol. The van der Waals surface area contributed by atoms with E-state index < -0.39 is 0 Å². The first-order valence-corrected chi connectivity index (χ1v) is 9.16. The number of nitrogens with zero attached hydrogens (tertiary/aromatic N) is 2. The van der Waals surface area contributed by atoms with Crippen molar-refractivity contribution in [2.75, 3.05) is 0 Å². The second-order valence-electron chi connectivity index (χ2n) is 5.64. The fourth-order valence-corrected chi connectivity index (χ4v) is 3.22. The van der Waals surface area contributed by atoms with Crippen molar-refractivity contribution in [3.8, 4) is 0 Å². The Labute approximate surface area is 141 Å². The number of benzene rings is 1. The Bertz CT molecular complexity index is 577. The van der Waals surface area contributed by atoms with Crippen LogP contribution in [-0.2, 0) is 6.54 Å². The molecule has 1 atom stereocenters. The first-order chi connectivity index (χ1) is 10.1. The molecule has 1 heterocycles. The second-order valence-corrected chi connectivity index (χ2v) is 7.21. The van der Waals surface area contributed by atoms with Crippen LogP contribution in [0, 0.1) is 0 Å². The SMILES string of the molecule is CCCCCCCCn1c(C(C)Cl)nc2ccc(Br)cc21. The lowest BCUT2D eigenvalue weighted by molar-refractivity contribution is 0.553. The van der Waals surface area contributed by atoms with Gasteiger partial charge in [-0.25, -0.2) is 4.98 Å². The number of hydrogen-bond acceptors (Lipinski definition) is 1. The maximum Gasteiger partial charge on any atom is 0.127 e. The highest BCUT2D eigenvalue weighted by molar-refractivity contribution is 9.10. The highest BCUT2D eigenvalue weighted by Crippen LogP contribution is 2.27. The van der Waals surface area contributed by atoms with Crippen molar-refractivity contribution in [3.05, 3.63) is 28.5 Å². The molecule has 1 unspecified atom stereocenters. The summed E-state index contributed by atoms with van der Waals surface area (Å²) in [6, 6.07) is 6.23. The van der Waals surface area contributed by atoms with Crippen molar-refractivity contribution >= 4 is 38.6 Å². The first-order valence-electron chi connectivity index (χ1n) is 7.93. The quantitative estimate of drug-likeness (QED) is 0.384. The molecule has 0 saturated carbocycles. The molecule has 0 amide bonds. The average molecular weight is 372 g/mol. The van der Waals surface area contributed by atoms with Crippen LogP contribution in [0.2, 0.25) is 0 Å². The summed E-state index contributed by atoms with van der Waals surface area (Å²) in [6.07, 6.45) is 7.81. The van der Waals surface area contributed by atoms with E-state index in [1.165, 1.54) is 44.0 Å². The number of unbranched alkanes of at least 4 members (excludes halogenated alkanes) is 5. The average Bonchev–Trinajstić information content (AvgIpc) is 2.81. The zero-order valence-electron chi connectivity index (χ0n) is 12.9. The molecule has 0 aliphatic rings. The van der Waals surface area contributed by atoms with Gasteiger partial charge in [0.2, 0.25) is 0 Å². The Hall–Kier alpha value is -0.540. The van der Waals surface area contributed by atoms with Gasteiger partial charge < -0.3 is 4.57 Å². The molecular formula is C17H24BrClN2. The molecule has 0 bridgehead atoms. The van der Waals surface area contributed by atoms with Crippen LogP contribution in [0.3, 0.4) is 0 Å². The van der Waals surface area contributed by atoms with Gasteiger partial charge in [-0.2, -0.15) is 0 Å². The van der Waals surface area contributed by atoms with E-state index in [1.807, 2.05) is 13.0 Å². The molecule has 0 aliphatic heterocycles. The first kappa shape index (κ1) is 16.8. The Balaban J connectivity index is 2.09. The van der Waals surface area contributed by atoms with E-state index >= 15 is 0 Å². The van der Waals surface area contributed by atoms with Crippen LogP contribution in [-0.4, -0.2) is 9.55 Å². The number of alkyl halides is 1. The zero-order chi connectivity index (χ0) is 15.2. The summed E-state index contributed by atoms with van der Waals surface area (Å²) in [5, 5.41) is -0.0590. The van der Waals surface area contributed by atoms with Gasteiger partial charge in [0.05, 0.1) is 16.4 Å². The lowest BCUT2D eigenvalue weighted by Gasteiger charge is -2.10. The number of imidazole rings is 1. The minimum Gasteiger partial charge on any atom is -0.327 e. The van der Waals surface area contributed by atoms with Crippen molar-refractivity contribution in [2.24, 2.45) is 0 Å². The molecule has 116 valence electrons. The van der Waals surface area contributed by atoms with E-state index in [2.05, 4.69) is 39.6 Å². The van der Waals surface area contributed by atoms with Crippen LogP contribution in [0.5, 0.6) is 0 Å². The summed E-state index contributed by atoms with van der Waals surface area (Å²) in [4.78, 5) is 4.69. The lowest BCUT2D eigenvalue weighted by Crippen LogP contribution is -2.04. The topological polar surface area (TPSA) is 17.8 Å². The molecule has 0 spiro atoms. The second kappa shape index (κ2) is 8.19. The largest absolute Gasteiger partial charge is 0.327 e. The van der Waals surface area contributed by atoms with E-state index in [4.69, 9.17) is 16.6 Å². The predicted octanol–water partition coefficient (Wildman–Crippen LogP) is 6.46. The molecule has 1 aromatic carbocycles. The Morgan fingerprint density at radius 1 is 1.19 bits per heavy atom. The number of rotatable bonds is 8. The highest BCUT2D eigenvalue weighted by atomic mass is 79.9. The molecule has 1 aromatic heterocycles. The van der Waals surface area contributed by atoms with E-state index in [0.29, 0.717) is 0 Å². The van der Waals surface area contributed by atoms with Crippen LogP contribution in [0.15, 0.2) is 22.7 Å². The van der Waals surface area contributed by atoms with Crippen molar-refractivity contribution in [1.29, 1.82) is 0 Å². The normalized spacial score (nSPS) is 13.0. The number of aryl methyl sites for hydroxylation is 1. The minimum atomic E-state index is -0.0590. The van der Waals surface area contributed by atoms with Crippen LogP contribution in [0.4, 0.5) is 0 Å². The van der Waals surface area contributed by atoms with Crippen molar-refractivity contribution in [3.63, 3.8) is 0 Å². The molecular weight excluding hydrogens is 348 g/mol. The summed E-state index contributed by atoms with van der Waals surface area (Å²) < 4.78 is 3.38. The summed E-state index contributed by atoms with van der Waals surface area (Å²) in [6.45, 7) is 5.25. The van der Waals surface area contributed by atoms with Crippen LogP contribution < -0.4 is 0 Å². The smallest absolute Gasteiger partial charge is 0.127 e. The third-order valence-corrected chi connectivity index (χ3v) is 4.52. The molecule has 2 rings (SSSR count). The van der Waals surface area contributed by atoms with Crippen molar-refractivity contribution in [2.45, 2.75) is 64.3 Å². The number of hydrogen-bond donors (Lipinski definition) is 0. The van der Waals surface area contributed by atoms with Gasteiger partial charge >= 0.3 is 0 Å². The van der Waals surface area contributed by atoms with E-state index in [-0.39, 0.29) is 5.38 Å². The monoisotopic (exact) mass is 370 g/mol. The van der Waals surface area contributed by atoms with E-state index in [0.717, 1.165) is 22.4 Å². The van der Waals surface area contributed by atoms with Crippen molar-refractivity contribution < 1.29 is 0 Å². The zero-order valence-corrected chi connectivity index (χ0v) is 15.3. The molecule has 0 N–H and O–H groups in total. The van der Waals surface area contributed by atoms with Gasteiger partial charge in [0.1, 0.15) is 5.82 Å². The maximum atomic E-state index is 6.31. The summed E-state index contributed by atoms with van der Waals surface area (Å²) in [7, 11) is 0. The summed E-state index contributed by atoms with van der Waals surface area (Å²) in [5.41, 5.74) is 2.21. The molecule has 0 fully saturated rings. The molecule has 0 radical (unpaired) electrons. The van der Waals surface area contributed by atoms with E-state index in [1.54, 1.807) is 0 Å². The van der Waals surface area contributed by atoms with Crippen LogP contribution >= 0.6 is 27.5 Å². The lowest BCUT2D eigenvalue weighted by atomic mass is 10.1. The van der Waals surface area contributed by atoms with Gasteiger partial charge in [-0.3, -0.25) is 0 Å². The Morgan fingerprint density at radius 2 is 1.90 bits per heavy atom. The van der Waals surface area contributed by atoms with Crippen LogP contribution in [0.25, 0.3) is 11.0 Å². The molecule has 0 aliphatic carbocycles. The summed E-state index contributed by atoms with van der Waals surface area (Å²) in [5.74, 6) is 0.985. The van der Waals surface area contributed by atoms with Crippen molar-refractivity contribution in [1.82, 2.24) is 9.55 Å². The van der Waals surface area contributed by atoms with Gasteiger partial charge in [0.15, 0.2) is 0 Å². The molecule has 2 aromatic rings. The van der Waals surface area contributed by atoms with Gasteiger partial charge in [-0.05, 0) is 31.5 Å².